The molecule has 1 aromatic heterocycles. The Kier molecular flexibility index (Phi) is 24.5. The predicted molar refractivity (Wildman–Crippen MR) is 333 cm³/mol. The average molecular weight is 1060 g/mol. The lowest BCUT2D eigenvalue weighted by molar-refractivity contribution is 0.289. The molecule has 0 bridgehead atoms. The topological polar surface area (TPSA) is 83.5 Å². The molecule has 414 valence electrons. The van der Waals surface area contributed by atoms with E-state index in [2.05, 4.69) is 146 Å². The molecule has 0 radical (unpaired) electrons. The van der Waals surface area contributed by atoms with Gasteiger partial charge in [0, 0.05) is 28.5 Å². The van der Waals surface area contributed by atoms with Gasteiger partial charge >= 0.3 is 0 Å². The molecule has 0 atom stereocenters. The van der Waals surface area contributed by atoms with Gasteiger partial charge in [-0.25, -0.2) is 4.99 Å². The summed E-state index contributed by atoms with van der Waals surface area (Å²) in [5.74, 6) is 4.77. The van der Waals surface area contributed by atoms with E-state index < -0.39 is 0 Å². The summed E-state index contributed by atoms with van der Waals surface area (Å²) < 4.78 is 35.5. The third-order valence-electron chi connectivity index (χ3n) is 14.2. The first-order chi connectivity index (χ1) is 38.9. The van der Waals surface area contributed by atoms with Crippen molar-refractivity contribution in [3.63, 3.8) is 0 Å². The van der Waals surface area contributed by atoms with Crippen LogP contribution >= 0.6 is 0 Å². The highest BCUT2D eigenvalue weighted by atomic mass is 16.5. The molecule has 0 spiro atoms. The first-order valence-electron chi connectivity index (χ1n) is 28.9. The molecule has 0 saturated heterocycles. The van der Waals surface area contributed by atoms with Gasteiger partial charge in [0.2, 0.25) is 0 Å². The van der Waals surface area contributed by atoms with E-state index in [1.807, 2.05) is 48.5 Å². The molecule has 0 unspecified atom stereocenters. The number of aromatic amines is 1. The molecule has 0 amide bonds. The standard InChI is InChI=1S/C71H84N2O6/c1-7-9-11-13-15-17-19-21-47-78-67-51-60(52-68(53-67)79-48-22-20-18-16-14-12-10-8-2)69(70-58(35-23-54-27-39-63(74-3)40-28-54)49-61(72-70)37-25-56-31-43-65(76-5)44-32-56)71-59(36-24-55-29-41-64(75-4)42-30-55)50-62(73-71)38-26-57-33-45-66(77-6)46-34-57/h23-46,49-53,72H,7-22,47-48H2,1-6H3/b35-23+,36-24+,37-25+,38-26+,71-69-. The van der Waals surface area contributed by atoms with Gasteiger partial charge in [0.1, 0.15) is 34.5 Å². The van der Waals surface area contributed by atoms with E-state index in [-0.39, 0.29) is 0 Å². The molecule has 2 heterocycles. The van der Waals surface area contributed by atoms with Crippen molar-refractivity contribution in [1.82, 2.24) is 4.98 Å². The van der Waals surface area contributed by atoms with Gasteiger partial charge in [-0.15, -0.1) is 0 Å². The van der Waals surface area contributed by atoms with Crippen molar-refractivity contribution in [2.45, 2.75) is 117 Å². The summed E-state index contributed by atoms with van der Waals surface area (Å²) >= 11 is 0. The number of benzene rings is 5. The summed E-state index contributed by atoms with van der Waals surface area (Å²) in [6.07, 6.45) is 38.8. The molecule has 0 aliphatic carbocycles. The summed E-state index contributed by atoms with van der Waals surface area (Å²) in [6.45, 7) is 5.78. The second-order valence-corrected chi connectivity index (χ2v) is 20.2. The zero-order valence-corrected chi connectivity index (χ0v) is 47.9. The fourth-order valence-electron chi connectivity index (χ4n) is 9.52. The smallest absolute Gasteiger partial charge is 0.123 e. The number of unbranched alkanes of at least 4 members (excludes halogenated alkanes) is 14. The third-order valence-corrected chi connectivity index (χ3v) is 14.2. The minimum Gasteiger partial charge on any atom is -0.497 e. The Morgan fingerprint density at radius 2 is 0.797 bits per heavy atom. The molecule has 7 rings (SSSR count). The molecule has 1 aliphatic rings. The molecule has 6 aromatic rings. The highest BCUT2D eigenvalue weighted by molar-refractivity contribution is 6.12. The molecule has 5 aromatic carbocycles. The van der Waals surface area contributed by atoms with Crippen molar-refractivity contribution >= 4 is 47.7 Å². The Bertz CT molecular complexity index is 2950. The van der Waals surface area contributed by atoms with Crippen molar-refractivity contribution in [1.29, 1.82) is 0 Å². The molecule has 1 N–H and O–H groups in total. The van der Waals surface area contributed by atoms with Crippen molar-refractivity contribution in [2.75, 3.05) is 41.7 Å². The maximum atomic E-state index is 6.76. The van der Waals surface area contributed by atoms with Crippen LogP contribution in [0.1, 0.15) is 161 Å². The highest BCUT2D eigenvalue weighted by Crippen LogP contribution is 2.40. The maximum absolute atomic E-state index is 6.76. The molecule has 1 aliphatic heterocycles. The summed E-state index contributed by atoms with van der Waals surface area (Å²) in [4.78, 5) is 9.48. The van der Waals surface area contributed by atoms with E-state index >= 15 is 0 Å². The number of allylic oxidation sites excluding steroid dienone is 3. The number of ether oxygens (including phenoxy) is 6. The normalized spacial score (nSPS) is 13.2. The van der Waals surface area contributed by atoms with Crippen molar-refractivity contribution in [3.8, 4) is 34.5 Å². The predicted octanol–water partition coefficient (Wildman–Crippen LogP) is 19.0. The number of aromatic nitrogens is 1. The van der Waals surface area contributed by atoms with E-state index in [9.17, 15) is 0 Å². The average Bonchev–Trinajstić information content (AvgIpc) is 4.33. The molecule has 0 fully saturated rings. The van der Waals surface area contributed by atoms with Crippen molar-refractivity contribution in [3.05, 3.63) is 196 Å². The molecular weight excluding hydrogens is 977 g/mol. The van der Waals surface area contributed by atoms with Crippen LogP contribution in [0, 0.1) is 0 Å². The fraction of sp³-hybridized carbons (Fsp3) is 0.338. The first-order valence-corrected chi connectivity index (χ1v) is 28.9. The third kappa shape index (κ3) is 19.3. The Morgan fingerprint density at radius 1 is 0.405 bits per heavy atom. The van der Waals surface area contributed by atoms with Crippen LogP contribution in [-0.4, -0.2) is 52.3 Å². The van der Waals surface area contributed by atoms with Crippen LogP contribution < -0.4 is 28.4 Å². The minimum absolute atomic E-state index is 0.620. The van der Waals surface area contributed by atoms with Crippen LogP contribution in [-0.2, 0) is 0 Å². The van der Waals surface area contributed by atoms with E-state index in [1.165, 1.54) is 77.0 Å². The van der Waals surface area contributed by atoms with Crippen LogP contribution in [0.15, 0.2) is 156 Å². The largest absolute Gasteiger partial charge is 0.497 e. The van der Waals surface area contributed by atoms with Gasteiger partial charge in [-0.1, -0.05) is 189 Å². The quantitative estimate of drug-likeness (QED) is 0.0405. The maximum Gasteiger partial charge on any atom is 0.123 e. The zero-order chi connectivity index (χ0) is 55.3. The van der Waals surface area contributed by atoms with Gasteiger partial charge in [-0.3, -0.25) is 0 Å². The highest BCUT2D eigenvalue weighted by Gasteiger charge is 2.24. The second kappa shape index (κ2) is 32.9. The van der Waals surface area contributed by atoms with Crippen molar-refractivity contribution < 1.29 is 28.4 Å². The number of H-pyrrole nitrogens is 1. The number of nitrogens with one attached hydrogen (secondary N) is 1. The van der Waals surface area contributed by atoms with Crippen LogP contribution in [0.25, 0.3) is 42.0 Å². The van der Waals surface area contributed by atoms with Crippen LogP contribution in [0.4, 0.5) is 0 Å². The summed E-state index contributed by atoms with van der Waals surface area (Å²) in [5, 5.41) is 0. The second-order valence-electron chi connectivity index (χ2n) is 20.2. The zero-order valence-electron chi connectivity index (χ0n) is 47.9. The van der Waals surface area contributed by atoms with Gasteiger partial charge in [0.15, 0.2) is 0 Å². The lowest BCUT2D eigenvalue weighted by Gasteiger charge is -2.17. The lowest BCUT2D eigenvalue weighted by atomic mass is 9.94. The van der Waals surface area contributed by atoms with Gasteiger partial charge in [-0.2, -0.15) is 0 Å². The van der Waals surface area contributed by atoms with Gasteiger partial charge < -0.3 is 33.4 Å². The molecule has 8 heteroatoms. The monoisotopic (exact) mass is 1060 g/mol. The van der Waals surface area contributed by atoms with Crippen LogP contribution in [0.5, 0.6) is 34.5 Å². The van der Waals surface area contributed by atoms with Crippen LogP contribution in [0.3, 0.4) is 0 Å². The SMILES string of the molecule is CCCCCCCCCCOc1cc(OCCCCCCCCCC)cc(/C(=C2N=C(/C=C/c3ccc(OC)cc3)C=C/2/C=C/c2ccc(OC)cc2)c2[nH]c(/C=C/c3ccc(OC)cc3)cc2/C=C/c2ccc(OC)cc2)c1. The molecule has 79 heavy (non-hydrogen) atoms. The summed E-state index contributed by atoms with van der Waals surface area (Å²) in [6, 6.07) is 41.0. The summed E-state index contributed by atoms with van der Waals surface area (Å²) in [7, 11) is 6.76. The number of aliphatic imine (C=N–C) groups is 1. The van der Waals surface area contributed by atoms with E-state index in [4.69, 9.17) is 33.4 Å². The van der Waals surface area contributed by atoms with E-state index in [1.54, 1.807) is 28.4 Å². The minimum atomic E-state index is 0.620. The van der Waals surface area contributed by atoms with Gasteiger partial charge in [0.25, 0.3) is 0 Å². The van der Waals surface area contributed by atoms with Gasteiger partial charge in [-0.05, 0) is 126 Å². The summed E-state index contributed by atoms with van der Waals surface area (Å²) in [5.41, 5.74) is 11.4. The Balaban J connectivity index is 1.38. The number of rotatable bonds is 34. The molecule has 8 nitrogen and oxygen atoms in total. The Morgan fingerprint density at radius 3 is 1.23 bits per heavy atom. The van der Waals surface area contributed by atoms with E-state index in [0.717, 1.165) is 128 Å². The number of methoxy groups -OCH3 is 4. The van der Waals surface area contributed by atoms with Gasteiger partial charge in [0.05, 0.1) is 58.8 Å². The molecular formula is C71H84N2O6. The molecule has 0 saturated carbocycles. The van der Waals surface area contributed by atoms with Crippen molar-refractivity contribution in [2.24, 2.45) is 4.99 Å². The first kappa shape index (κ1) is 59.0. The number of hydrogen-bond acceptors (Lipinski definition) is 7. The number of hydrogen-bond donors (Lipinski definition) is 1. The fourth-order valence-corrected chi connectivity index (χ4v) is 9.52. The Labute approximate surface area is 472 Å². The van der Waals surface area contributed by atoms with E-state index in [0.29, 0.717) is 13.2 Å². The lowest BCUT2D eigenvalue weighted by Crippen LogP contribution is -2.03. The van der Waals surface area contributed by atoms with Crippen LogP contribution in [0.2, 0.25) is 0 Å². The Hall–Kier alpha value is -7.71. The number of nitrogens with zero attached hydrogens (tertiary/aromatic N) is 1.